The molecule has 0 aromatic carbocycles. The molecule has 2 heterocycles. The molecule has 0 bridgehead atoms. The number of rotatable bonds is 6. The highest BCUT2D eigenvalue weighted by Gasteiger charge is 2.27. The summed E-state index contributed by atoms with van der Waals surface area (Å²) in [4.78, 5) is 15.5. The van der Waals surface area contributed by atoms with Crippen LogP contribution in [0.15, 0.2) is 22.7 Å². The molecule has 0 unspecified atom stereocenters. The summed E-state index contributed by atoms with van der Waals surface area (Å²) in [5, 5.41) is 11.1. The van der Waals surface area contributed by atoms with Crippen LogP contribution in [0.25, 0.3) is 0 Å². The van der Waals surface area contributed by atoms with Gasteiger partial charge in [-0.25, -0.2) is 13.4 Å². The Morgan fingerprint density at radius 2 is 2.17 bits per heavy atom. The number of alkyl halides is 2. The van der Waals surface area contributed by atoms with Crippen LogP contribution < -0.4 is 4.90 Å². The molecule has 23 heavy (non-hydrogen) atoms. The molecule has 0 N–H and O–H groups in total. The van der Waals surface area contributed by atoms with Crippen molar-refractivity contribution in [2.75, 3.05) is 18.2 Å². The van der Waals surface area contributed by atoms with E-state index in [1.54, 1.807) is 0 Å². The SMILES string of the molecule is CN(Cc1nccn1C(F)F)c1sc(S(C)(=O)=O)cc1[N+](=O)[O-]. The van der Waals surface area contributed by atoms with Crippen LogP contribution in [0.5, 0.6) is 0 Å². The van der Waals surface area contributed by atoms with Crippen LogP contribution in [0.1, 0.15) is 12.4 Å². The van der Waals surface area contributed by atoms with Crippen LogP contribution in [0.4, 0.5) is 19.5 Å². The maximum absolute atomic E-state index is 12.8. The Morgan fingerprint density at radius 1 is 1.52 bits per heavy atom. The molecule has 0 spiro atoms. The van der Waals surface area contributed by atoms with Gasteiger partial charge in [0.2, 0.25) is 0 Å². The number of thiophene rings is 1. The zero-order valence-electron chi connectivity index (χ0n) is 12.0. The van der Waals surface area contributed by atoms with E-state index in [9.17, 15) is 27.3 Å². The lowest BCUT2D eigenvalue weighted by molar-refractivity contribution is -0.383. The van der Waals surface area contributed by atoms with Gasteiger partial charge >= 0.3 is 12.2 Å². The Labute approximate surface area is 134 Å². The number of nitrogens with zero attached hydrogens (tertiary/aromatic N) is 4. The summed E-state index contributed by atoms with van der Waals surface area (Å²) in [6.07, 6.45) is 3.23. The fourth-order valence-corrected chi connectivity index (χ4v) is 3.85. The molecule has 126 valence electrons. The fourth-order valence-electron chi connectivity index (χ4n) is 1.87. The van der Waals surface area contributed by atoms with Crippen LogP contribution in [0, 0.1) is 10.1 Å². The van der Waals surface area contributed by atoms with Crippen LogP contribution in [0.2, 0.25) is 0 Å². The smallest absolute Gasteiger partial charge is 0.319 e. The fraction of sp³-hybridized carbons (Fsp3) is 0.364. The number of imidazole rings is 1. The van der Waals surface area contributed by atoms with Crippen molar-refractivity contribution in [3.8, 4) is 0 Å². The number of hydrogen-bond donors (Lipinski definition) is 0. The average Bonchev–Trinajstić information content (AvgIpc) is 3.03. The first-order valence-corrected chi connectivity index (χ1v) is 8.81. The first kappa shape index (κ1) is 17.3. The summed E-state index contributed by atoms with van der Waals surface area (Å²) in [6.45, 7) is -2.92. The third kappa shape index (κ3) is 3.64. The van der Waals surface area contributed by atoms with Crippen LogP contribution in [-0.4, -0.2) is 36.2 Å². The Bertz CT molecular complexity index is 831. The number of sulfone groups is 1. The van der Waals surface area contributed by atoms with Gasteiger partial charge in [-0.3, -0.25) is 14.7 Å². The van der Waals surface area contributed by atoms with E-state index in [1.807, 2.05) is 0 Å². The summed E-state index contributed by atoms with van der Waals surface area (Å²) < 4.78 is 49.2. The minimum absolute atomic E-state index is 0.00565. The van der Waals surface area contributed by atoms with Gasteiger partial charge < -0.3 is 4.90 Å². The highest BCUT2D eigenvalue weighted by molar-refractivity contribution is 7.92. The maximum atomic E-state index is 12.8. The third-order valence-corrected chi connectivity index (χ3v) is 5.96. The number of anilines is 1. The molecule has 0 radical (unpaired) electrons. The molecule has 8 nitrogen and oxygen atoms in total. The Hall–Kier alpha value is -2.08. The summed E-state index contributed by atoms with van der Waals surface area (Å²) in [6, 6.07) is 0.964. The second-order valence-electron chi connectivity index (χ2n) is 4.67. The van der Waals surface area contributed by atoms with Crippen molar-refractivity contribution >= 4 is 31.9 Å². The second-order valence-corrected chi connectivity index (χ2v) is 7.94. The van der Waals surface area contributed by atoms with Crippen molar-refractivity contribution < 1.29 is 22.1 Å². The van der Waals surface area contributed by atoms with Crippen LogP contribution in [-0.2, 0) is 16.4 Å². The molecule has 0 aliphatic rings. The zero-order valence-corrected chi connectivity index (χ0v) is 13.6. The highest BCUT2D eigenvalue weighted by atomic mass is 32.2. The minimum Gasteiger partial charge on any atom is -0.353 e. The second kappa shape index (κ2) is 6.20. The van der Waals surface area contributed by atoms with Gasteiger partial charge in [-0.15, -0.1) is 0 Å². The molecule has 0 saturated heterocycles. The molecule has 0 atom stereocenters. The van der Waals surface area contributed by atoms with Gasteiger partial charge in [-0.2, -0.15) is 8.78 Å². The molecular formula is C11H12F2N4O4S2. The van der Waals surface area contributed by atoms with E-state index in [0.717, 1.165) is 18.5 Å². The number of nitro groups is 1. The van der Waals surface area contributed by atoms with Crippen molar-refractivity contribution in [3.63, 3.8) is 0 Å². The summed E-state index contributed by atoms with van der Waals surface area (Å²) in [7, 11) is -2.17. The quantitative estimate of drug-likeness (QED) is 0.575. The Kier molecular flexibility index (Phi) is 4.66. The Balaban J connectivity index is 2.39. The normalized spacial score (nSPS) is 11.9. The summed E-state index contributed by atoms with van der Waals surface area (Å²) >= 11 is 0.711. The lowest BCUT2D eigenvalue weighted by Crippen LogP contribution is -2.19. The molecule has 0 aliphatic heterocycles. The van der Waals surface area contributed by atoms with Gasteiger partial charge in [0.25, 0.3) is 0 Å². The molecule has 0 aliphatic carbocycles. The largest absolute Gasteiger partial charge is 0.353 e. The molecule has 0 amide bonds. The zero-order chi connectivity index (χ0) is 17.4. The molecule has 2 aromatic rings. The van der Waals surface area contributed by atoms with Crippen molar-refractivity contribution in [2.45, 2.75) is 17.3 Å². The van der Waals surface area contributed by atoms with Gasteiger partial charge in [-0.1, -0.05) is 11.3 Å². The van der Waals surface area contributed by atoms with Gasteiger partial charge in [0, 0.05) is 31.8 Å². The number of halogens is 2. The number of aromatic nitrogens is 2. The molecule has 2 rings (SSSR count). The Morgan fingerprint density at radius 3 is 2.70 bits per heavy atom. The lowest BCUT2D eigenvalue weighted by Gasteiger charge is -2.17. The van der Waals surface area contributed by atoms with Gasteiger partial charge in [0.15, 0.2) is 14.8 Å². The van der Waals surface area contributed by atoms with Crippen LogP contribution in [0.3, 0.4) is 0 Å². The standard InChI is InChI=1S/C11H12F2N4O4S2/c1-15(6-8-14-3-4-16(8)11(12)13)10-7(17(18)19)5-9(22-10)23(2,20)21/h3-5,11H,6H2,1-2H3. The molecule has 12 heteroatoms. The average molecular weight is 366 g/mol. The third-order valence-electron chi connectivity index (χ3n) is 2.92. The summed E-state index contributed by atoms with van der Waals surface area (Å²) in [5.74, 6) is 0.00565. The summed E-state index contributed by atoms with van der Waals surface area (Å²) in [5.41, 5.74) is -0.395. The van der Waals surface area contributed by atoms with E-state index < -0.39 is 27.0 Å². The van der Waals surface area contributed by atoms with Crippen LogP contribution >= 0.6 is 11.3 Å². The first-order chi connectivity index (χ1) is 10.6. The first-order valence-electron chi connectivity index (χ1n) is 6.10. The monoisotopic (exact) mass is 366 g/mol. The predicted molar refractivity (Wildman–Crippen MR) is 79.7 cm³/mol. The van der Waals surface area contributed by atoms with Gasteiger partial charge in [-0.05, 0) is 0 Å². The van der Waals surface area contributed by atoms with Gasteiger partial charge in [0.05, 0.1) is 11.5 Å². The molecule has 0 saturated carbocycles. The molecule has 2 aromatic heterocycles. The predicted octanol–water partition coefficient (Wildman–Crippen LogP) is 2.29. The highest BCUT2D eigenvalue weighted by Crippen LogP contribution is 2.39. The topological polar surface area (TPSA) is 98.3 Å². The maximum Gasteiger partial charge on any atom is 0.319 e. The van der Waals surface area contributed by atoms with Crippen molar-refractivity contribution in [2.24, 2.45) is 0 Å². The van der Waals surface area contributed by atoms with E-state index >= 15 is 0 Å². The van der Waals surface area contributed by atoms with Gasteiger partial charge in [0.1, 0.15) is 10.0 Å². The van der Waals surface area contributed by atoms with E-state index in [2.05, 4.69) is 4.98 Å². The molecule has 0 fully saturated rings. The van der Waals surface area contributed by atoms with E-state index in [-0.39, 0.29) is 21.6 Å². The van der Waals surface area contributed by atoms with Crippen molar-refractivity contribution in [1.82, 2.24) is 9.55 Å². The number of hydrogen-bond acceptors (Lipinski definition) is 7. The molecular weight excluding hydrogens is 354 g/mol. The van der Waals surface area contributed by atoms with E-state index in [4.69, 9.17) is 0 Å². The minimum atomic E-state index is -3.61. The van der Waals surface area contributed by atoms with Crippen molar-refractivity contribution in [3.05, 3.63) is 34.4 Å². The lowest BCUT2D eigenvalue weighted by atomic mass is 10.4. The van der Waals surface area contributed by atoms with Crippen molar-refractivity contribution in [1.29, 1.82) is 0 Å². The van der Waals surface area contributed by atoms with E-state index in [1.165, 1.54) is 18.1 Å². The van der Waals surface area contributed by atoms with E-state index in [0.29, 0.717) is 15.9 Å².